The van der Waals surface area contributed by atoms with Crippen molar-refractivity contribution in [2.75, 3.05) is 13.6 Å². The van der Waals surface area contributed by atoms with E-state index in [0.29, 0.717) is 12.6 Å². The van der Waals surface area contributed by atoms with Crippen LogP contribution in [-0.2, 0) is 0 Å². The van der Waals surface area contributed by atoms with E-state index in [2.05, 4.69) is 24.1 Å². The maximum absolute atomic E-state index is 6.08. The van der Waals surface area contributed by atoms with Gasteiger partial charge in [0, 0.05) is 23.5 Å². The van der Waals surface area contributed by atoms with Gasteiger partial charge < -0.3 is 10.2 Å². The lowest BCUT2D eigenvalue weighted by Crippen LogP contribution is -2.39. The fraction of sp³-hybridized carbons (Fsp3) is 0.529. The molecule has 20 heavy (non-hydrogen) atoms. The number of likely N-dealkylation sites (N-methyl/N-ethyl adjacent to an activating group) is 1. The molecular weight excluding hydrogens is 248 g/mol. The third kappa shape index (κ3) is 2.48. The molecule has 1 aromatic heterocycles. The van der Waals surface area contributed by atoms with E-state index in [0.717, 1.165) is 5.58 Å². The first-order chi connectivity index (χ1) is 9.81. The summed E-state index contributed by atoms with van der Waals surface area (Å²) in [7, 11) is 2.22. The molecule has 1 fully saturated rings. The molecule has 3 heteroatoms. The summed E-state index contributed by atoms with van der Waals surface area (Å²) in [4.78, 5) is 2.47. The number of para-hydroxylation sites is 1. The van der Waals surface area contributed by atoms with Crippen LogP contribution in [-0.4, -0.2) is 24.5 Å². The summed E-state index contributed by atoms with van der Waals surface area (Å²) in [5.41, 5.74) is 8.27. The van der Waals surface area contributed by atoms with E-state index in [9.17, 15) is 0 Å². The van der Waals surface area contributed by atoms with Crippen molar-refractivity contribution in [1.29, 1.82) is 0 Å². The molecule has 1 saturated carbocycles. The van der Waals surface area contributed by atoms with Crippen LogP contribution >= 0.6 is 0 Å². The largest absolute Gasteiger partial charge is 0.464 e. The van der Waals surface area contributed by atoms with Crippen molar-refractivity contribution in [3.63, 3.8) is 0 Å². The predicted molar refractivity (Wildman–Crippen MR) is 82.6 cm³/mol. The average molecular weight is 272 g/mol. The summed E-state index contributed by atoms with van der Waals surface area (Å²) in [5, 5.41) is 1.20. The minimum Gasteiger partial charge on any atom is -0.464 e. The molecule has 1 atom stereocenters. The van der Waals surface area contributed by atoms with Gasteiger partial charge in [0.05, 0.1) is 12.3 Å². The first-order valence-electron chi connectivity index (χ1n) is 7.69. The topological polar surface area (TPSA) is 42.4 Å². The van der Waals surface area contributed by atoms with Gasteiger partial charge >= 0.3 is 0 Å². The van der Waals surface area contributed by atoms with Crippen LogP contribution in [0.15, 0.2) is 34.9 Å². The molecule has 0 spiro atoms. The molecule has 2 aromatic rings. The van der Waals surface area contributed by atoms with Gasteiger partial charge in [0.25, 0.3) is 0 Å². The lowest BCUT2D eigenvalue weighted by atomic mass is 9.92. The molecule has 3 nitrogen and oxygen atoms in total. The molecule has 0 radical (unpaired) electrons. The highest BCUT2D eigenvalue weighted by molar-refractivity contribution is 5.81. The van der Waals surface area contributed by atoms with Crippen molar-refractivity contribution in [1.82, 2.24) is 4.90 Å². The number of nitrogens with zero attached hydrogens (tertiary/aromatic N) is 1. The van der Waals surface area contributed by atoms with Crippen LogP contribution in [0.3, 0.4) is 0 Å². The summed E-state index contributed by atoms with van der Waals surface area (Å²) in [5.74, 6) is 0. The molecule has 1 aliphatic carbocycles. The van der Waals surface area contributed by atoms with Crippen LogP contribution < -0.4 is 5.73 Å². The van der Waals surface area contributed by atoms with Crippen LogP contribution in [0.4, 0.5) is 0 Å². The SMILES string of the molecule is CN(C1CCCCC1)C(CN)c1coc2ccccc12. The molecule has 1 aromatic carbocycles. The smallest absolute Gasteiger partial charge is 0.134 e. The van der Waals surface area contributed by atoms with Crippen molar-refractivity contribution >= 4 is 11.0 Å². The van der Waals surface area contributed by atoms with Crippen LogP contribution in [0.1, 0.15) is 43.7 Å². The average Bonchev–Trinajstić information content (AvgIpc) is 2.93. The second kappa shape index (κ2) is 5.98. The van der Waals surface area contributed by atoms with Crippen LogP contribution in [0, 0.1) is 0 Å². The molecule has 2 N–H and O–H groups in total. The Labute approximate surface area is 120 Å². The van der Waals surface area contributed by atoms with Gasteiger partial charge in [0.15, 0.2) is 0 Å². The molecule has 0 bridgehead atoms. The number of rotatable bonds is 4. The van der Waals surface area contributed by atoms with Gasteiger partial charge in [-0.3, -0.25) is 4.90 Å². The third-order valence-corrected chi connectivity index (χ3v) is 4.74. The molecule has 3 rings (SSSR count). The summed E-state index contributed by atoms with van der Waals surface area (Å²) in [6.07, 6.45) is 8.55. The van der Waals surface area contributed by atoms with Gasteiger partial charge in [-0.25, -0.2) is 0 Å². The maximum Gasteiger partial charge on any atom is 0.134 e. The first-order valence-corrected chi connectivity index (χ1v) is 7.69. The van der Waals surface area contributed by atoms with Crippen molar-refractivity contribution < 1.29 is 4.42 Å². The van der Waals surface area contributed by atoms with E-state index in [-0.39, 0.29) is 6.04 Å². The maximum atomic E-state index is 6.08. The quantitative estimate of drug-likeness (QED) is 0.923. The van der Waals surface area contributed by atoms with E-state index >= 15 is 0 Å². The zero-order valence-electron chi connectivity index (χ0n) is 12.2. The Morgan fingerprint density at radius 3 is 2.75 bits per heavy atom. The molecular formula is C17H24N2O. The molecule has 0 saturated heterocycles. The molecule has 1 unspecified atom stereocenters. The monoisotopic (exact) mass is 272 g/mol. The second-order valence-electron chi connectivity index (χ2n) is 5.90. The van der Waals surface area contributed by atoms with Gasteiger partial charge in [-0.05, 0) is 26.0 Å². The third-order valence-electron chi connectivity index (χ3n) is 4.74. The van der Waals surface area contributed by atoms with Gasteiger partial charge in [-0.1, -0.05) is 37.5 Å². The van der Waals surface area contributed by atoms with Gasteiger partial charge in [0.1, 0.15) is 5.58 Å². The summed E-state index contributed by atoms with van der Waals surface area (Å²) in [6.45, 7) is 0.635. The minimum atomic E-state index is 0.252. The molecule has 1 aliphatic rings. The van der Waals surface area contributed by atoms with Crippen molar-refractivity contribution in [3.05, 3.63) is 36.1 Å². The highest BCUT2D eigenvalue weighted by Gasteiger charge is 2.26. The van der Waals surface area contributed by atoms with E-state index < -0.39 is 0 Å². The number of furan rings is 1. The van der Waals surface area contributed by atoms with E-state index in [4.69, 9.17) is 10.2 Å². The minimum absolute atomic E-state index is 0.252. The zero-order chi connectivity index (χ0) is 13.9. The van der Waals surface area contributed by atoms with Crippen LogP contribution in [0.25, 0.3) is 11.0 Å². The van der Waals surface area contributed by atoms with Crippen LogP contribution in [0.5, 0.6) is 0 Å². The molecule has 108 valence electrons. The highest BCUT2D eigenvalue weighted by Crippen LogP contribution is 2.32. The predicted octanol–water partition coefficient (Wildman–Crippen LogP) is 3.70. The van der Waals surface area contributed by atoms with E-state index in [1.807, 2.05) is 18.4 Å². The molecule has 0 amide bonds. The highest BCUT2D eigenvalue weighted by atomic mass is 16.3. The fourth-order valence-electron chi connectivity index (χ4n) is 3.51. The Hall–Kier alpha value is -1.32. The van der Waals surface area contributed by atoms with Gasteiger partial charge in [-0.15, -0.1) is 0 Å². The Bertz CT molecular complexity index is 557. The summed E-state index contributed by atoms with van der Waals surface area (Å²) in [6, 6.07) is 9.14. The van der Waals surface area contributed by atoms with Crippen molar-refractivity contribution in [3.8, 4) is 0 Å². The molecule has 0 aliphatic heterocycles. The van der Waals surface area contributed by atoms with E-state index in [1.54, 1.807) is 0 Å². The number of fused-ring (bicyclic) bond motifs is 1. The van der Waals surface area contributed by atoms with Gasteiger partial charge in [-0.2, -0.15) is 0 Å². The Morgan fingerprint density at radius 2 is 2.00 bits per heavy atom. The Morgan fingerprint density at radius 1 is 1.25 bits per heavy atom. The van der Waals surface area contributed by atoms with Gasteiger partial charge in [0.2, 0.25) is 0 Å². The van der Waals surface area contributed by atoms with Crippen molar-refractivity contribution in [2.45, 2.75) is 44.2 Å². The summed E-state index contributed by atoms with van der Waals surface area (Å²) < 4.78 is 5.69. The van der Waals surface area contributed by atoms with Crippen molar-refractivity contribution in [2.24, 2.45) is 5.73 Å². The lowest BCUT2D eigenvalue weighted by molar-refractivity contribution is 0.141. The molecule has 1 heterocycles. The number of hydrogen-bond donors (Lipinski definition) is 1. The standard InChI is InChI=1S/C17H24N2O/c1-19(13-7-3-2-4-8-13)16(11-18)15-12-20-17-10-6-5-9-14(15)17/h5-6,9-10,12-13,16H,2-4,7-8,11,18H2,1H3. The van der Waals surface area contributed by atoms with E-state index in [1.165, 1.54) is 43.1 Å². The lowest BCUT2D eigenvalue weighted by Gasteiger charge is -2.36. The Balaban J connectivity index is 1.88. The fourth-order valence-corrected chi connectivity index (χ4v) is 3.51. The number of benzene rings is 1. The summed E-state index contributed by atoms with van der Waals surface area (Å²) >= 11 is 0. The first kappa shape index (κ1) is 13.7. The second-order valence-corrected chi connectivity index (χ2v) is 5.90. The Kier molecular flexibility index (Phi) is 4.08. The number of hydrogen-bond acceptors (Lipinski definition) is 3. The zero-order valence-corrected chi connectivity index (χ0v) is 12.2. The number of nitrogens with two attached hydrogens (primary N) is 1. The van der Waals surface area contributed by atoms with Crippen LogP contribution in [0.2, 0.25) is 0 Å². The normalized spacial score (nSPS) is 18.8.